The number of aromatic nitrogens is 2. The van der Waals surface area contributed by atoms with E-state index in [2.05, 4.69) is 22.1 Å². The van der Waals surface area contributed by atoms with E-state index < -0.39 is 39.2 Å². The number of pyridine rings is 2. The van der Waals surface area contributed by atoms with Crippen LogP contribution in [0.2, 0.25) is 0 Å². The molecule has 5 heteroatoms. The molecule has 0 spiro atoms. The molecule has 0 unspecified atom stereocenters. The number of hydrogen-bond donors (Lipinski definition) is 0. The van der Waals surface area contributed by atoms with Crippen LogP contribution in [0, 0.1) is 45.0 Å². The molecule has 0 aliphatic rings. The fourth-order valence-corrected chi connectivity index (χ4v) is 6.41. The van der Waals surface area contributed by atoms with E-state index in [0.29, 0.717) is 28.0 Å². The third-order valence-corrected chi connectivity index (χ3v) is 8.82. The maximum Gasteiger partial charge on any atom is 0.143 e. The Labute approximate surface area is 350 Å². The molecule has 0 amide bonds. The van der Waals surface area contributed by atoms with Crippen LogP contribution >= 0.6 is 0 Å². The normalized spacial score (nSPS) is 16.6. The summed E-state index contributed by atoms with van der Waals surface area (Å²) in [7, 11) is 0. The van der Waals surface area contributed by atoms with E-state index in [0.717, 1.165) is 50.0 Å². The van der Waals surface area contributed by atoms with Gasteiger partial charge in [-0.25, -0.2) is 0 Å². The van der Waals surface area contributed by atoms with Gasteiger partial charge in [-0.15, -0.1) is 53.6 Å². The van der Waals surface area contributed by atoms with Crippen molar-refractivity contribution >= 4 is 43.9 Å². The van der Waals surface area contributed by atoms with Gasteiger partial charge in [0, 0.05) is 79.0 Å². The number of rotatable bonds is 4. The van der Waals surface area contributed by atoms with E-state index >= 15 is 0 Å². The zero-order chi connectivity index (χ0) is 48.6. The summed E-state index contributed by atoms with van der Waals surface area (Å²) >= 11 is 0. The van der Waals surface area contributed by atoms with Crippen LogP contribution in [0.5, 0.6) is 0 Å². The molecule has 4 aromatic heterocycles. The first-order chi connectivity index (χ1) is 31.2. The van der Waals surface area contributed by atoms with Gasteiger partial charge in [-0.2, -0.15) is 0 Å². The molecular formula is C49H42IrN2O2-2. The summed E-state index contributed by atoms with van der Waals surface area (Å²) in [6.07, 6.45) is 0.368. The standard InChI is InChI=1S/C31H20NO2.C18H22N.Ir/c1-18-16-27(32-17-19(18)2)26-14-7-13-25-24-12-6-11-23(30(24)34-31(25)26)22-10-5-9-21-20-8-3-4-15-28(20)33-29(21)22;1-13-6-8-15(9-7-13)17-10-16(11-18(3,4)5)14(2)12-19-17;/h3-13,15-17H,1-2H3;6-8,10,12H,11H2,1-5H3;/q2*-1;/i1D3,2D3;1D3,2D3,11D2;. The van der Waals surface area contributed by atoms with Crippen molar-refractivity contribution < 1.29 is 48.1 Å². The first-order valence-corrected chi connectivity index (χ1v) is 17.0. The third kappa shape index (κ3) is 7.14. The van der Waals surface area contributed by atoms with E-state index in [4.69, 9.17) is 28.0 Å². The summed E-state index contributed by atoms with van der Waals surface area (Å²) in [6, 6.07) is 36.5. The van der Waals surface area contributed by atoms with Gasteiger partial charge in [0.05, 0.1) is 5.58 Å². The predicted octanol–water partition coefficient (Wildman–Crippen LogP) is 13.4. The van der Waals surface area contributed by atoms with Gasteiger partial charge in [0.15, 0.2) is 0 Å². The number of aryl methyl sites for hydroxylation is 4. The molecule has 9 rings (SSSR count). The van der Waals surface area contributed by atoms with Crippen molar-refractivity contribution in [3.05, 3.63) is 155 Å². The molecule has 4 nitrogen and oxygen atoms in total. The second kappa shape index (κ2) is 14.8. The second-order valence-corrected chi connectivity index (χ2v) is 13.8. The summed E-state index contributed by atoms with van der Waals surface area (Å²) in [5, 5.41) is 3.71. The Morgan fingerprint density at radius 2 is 1.33 bits per heavy atom. The molecule has 0 atom stereocenters. The molecule has 0 bridgehead atoms. The molecule has 0 N–H and O–H groups in total. The van der Waals surface area contributed by atoms with Crippen LogP contribution in [-0.4, -0.2) is 9.97 Å². The molecule has 1 radical (unpaired) electrons. The number of para-hydroxylation sites is 3. The summed E-state index contributed by atoms with van der Waals surface area (Å²) in [6.45, 7) is -4.90. The zero-order valence-corrected chi connectivity index (χ0v) is 31.9. The van der Waals surface area contributed by atoms with Gasteiger partial charge in [0.2, 0.25) is 0 Å². The molecule has 5 aromatic carbocycles. The number of nitrogens with zero attached hydrogens (tertiary/aromatic N) is 2. The van der Waals surface area contributed by atoms with Gasteiger partial charge in [-0.1, -0.05) is 116 Å². The number of benzene rings is 5. The van der Waals surface area contributed by atoms with Gasteiger partial charge in [-0.3, -0.25) is 0 Å². The van der Waals surface area contributed by atoms with Crippen molar-refractivity contribution in [2.45, 2.75) is 54.6 Å². The third-order valence-electron chi connectivity index (χ3n) is 8.82. The van der Waals surface area contributed by atoms with Crippen molar-refractivity contribution in [1.29, 1.82) is 0 Å². The number of fused-ring (bicyclic) bond motifs is 6. The van der Waals surface area contributed by atoms with Crippen LogP contribution in [0.4, 0.5) is 0 Å². The summed E-state index contributed by atoms with van der Waals surface area (Å²) in [5.41, 5.74) is 4.56. The molecule has 54 heavy (non-hydrogen) atoms. The van der Waals surface area contributed by atoms with Crippen molar-refractivity contribution in [3.8, 4) is 33.6 Å². The van der Waals surface area contributed by atoms with Gasteiger partial charge in [-0.05, 0) is 60.9 Å². The largest absolute Gasteiger partial charge is 0.500 e. The van der Waals surface area contributed by atoms with Gasteiger partial charge >= 0.3 is 0 Å². The van der Waals surface area contributed by atoms with Crippen LogP contribution in [0.1, 0.15) is 67.8 Å². The summed E-state index contributed by atoms with van der Waals surface area (Å²) < 4.78 is 122. The van der Waals surface area contributed by atoms with Crippen molar-refractivity contribution in [2.24, 2.45) is 5.41 Å². The molecule has 0 fully saturated rings. The zero-order valence-electron chi connectivity index (χ0n) is 43.5. The van der Waals surface area contributed by atoms with E-state index in [9.17, 15) is 0 Å². The fraction of sp³-hybridized carbons (Fsp3) is 0.184. The predicted molar refractivity (Wildman–Crippen MR) is 219 cm³/mol. The van der Waals surface area contributed by atoms with Gasteiger partial charge in [0.1, 0.15) is 16.7 Å². The Balaban J connectivity index is 0.000000215. The van der Waals surface area contributed by atoms with Crippen molar-refractivity contribution in [3.63, 3.8) is 0 Å². The van der Waals surface area contributed by atoms with E-state index in [1.807, 2.05) is 66.7 Å². The first-order valence-electron chi connectivity index (χ1n) is 24.0. The Morgan fingerprint density at radius 3 is 2.06 bits per heavy atom. The quantitative estimate of drug-likeness (QED) is 0.165. The molecule has 4 heterocycles. The van der Waals surface area contributed by atoms with Crippen molar-refractivity contribution in [1.82, 2.24) is 9.97 Å². The smallest absolute Gasteiger partial charge is 0.143 e. The minimum Gasteiger partial charge on any atom is -0.500 e. The maximum absolute atomic E-state index is 8.52. The average molecular weight is 897 g/mol. The fourth-order valence-electron chi connectivity index (χ4n) is 6.41. The topological polar surface area (TPSA) is 52.1 Å². The van der Waals surface area contributed by atoms with Crippen LogP contribution in [0.25, 0.3) is 77.5 Å². The molecule has 0 aliphatic heterocycles. The Hall–Kier alpha value is -5.35. The summed E-state index contributed by atoms with van der Waals surface area (Å²) in [5.74, 6) is 0. The number of hydrogen-bond acceptors (Lipinski definition) is 4. The molecule has 0 saturated heterocycles. The minimum atomic E-state index is -2.64. The average Bonchev–Trinajstić information content (AvgIpc) is 3.84. The Kier molecular flexibility index (Phi) is 6.43. The second-order valence-electron chi connectivity index (χ2n) is 13.8. The van der Waals surface area contributed by atoms with Crippen LogP contribution < -0.4 is 0 Å². The monoisotopic (exact) mass is 897 g/mol. The van der Waals surface area contributed by atoms with E-state index in [1.165, 1.54) is 36.5 Å². The molecule has 271 valence electrons. The van der Waals surface area contributed by atoms with E-state index in [1.54, 1.807) is 26.8 Å². The maximum atomic E-state index is 8.52. The van der Waals surface area contributed by atoms with Crippen LogP contribution in [0.3, 0.4) is 0 Å². The Bertz CT molecular complexity index is 3320. The van der Waals surface area contributed by atoms with Crippen LogP contribution in [0.15, 0.2) is 124 Å². The molecule has 0 saturated carbocycles. The minimum absolute atomic E-state index is 0. The SMILES string of the molecule is [2H]C([2H])([2H])c1c[c-]c(-c2cc(C([2H])([2H])C(C)(C)C)c(C([2H])([2H])[2H])cn2)cc1.[2H]C([2H])([2H])c1cnc(-c2[c-]ccc3c2oc2c(-c4cccc5c4oc4ccccc45)cccc23)cc1C([2H])([2H])[2H].[Ir]. The number of furan rings is 2. The van der Waals surface area contributed by atoms with Gasteiger partial charge in [0.25, 0.3) is 0 Å². The molecular weight excluding hydrogens is 841 g/mol. The summed E-state index contributed by atoms with van der Waals surface area (Å²) in [4.78, 5) is 8.50. The van der Waals surface area contributed by atoms with Gasteiger partial charge < -0.3 is 18.8 Å². The van der Waals surface area contributed by atoms with E-state index in [-0.39, 0.29) is 53.6 Å². The first kappa shape index (κ1) is 23.4. The molecule has 0 aliphatic carbocycles. The van der Waals surface area contributed by atoms with Crippen molar-refractivity contribution in [2.75, 3.05) is 0 Å². The van der Waals surface area contributed by atoms with Crippen LogP contribution in [-0.2, 0) is 26.5 Å². The molecule has 9 aromatic rings. The Morgan fingerprint density at radius 1 is 0.648 bits per heavy atom.